The monoisotopic (exact) mass is 206 g/mol. The van der Waals surface area contributed by atoms with Crippen LogP contribution in [0.4, 0.5) is 13.2 Å². The molecule has 1 aromatic rings. The number of hydrogen-bond acceptors (Lipinski definition) is 2. The maximum absolute atomic E-state index is 12.1. The number of aromatic hydroxyl groups is 1. The summed E-state index contributed by atoms with van der Waals surface area (Å²) in [5.41, 5.74) is 0.0265. The Morgan fingerprint density at radius 2 is 1.86 bits per heavy atom. The number of halogens is 3. The van der Waals surface area contributed by atoms with E-state index in [1.807, 2.05) is 0 Å². The predicted molar refractivity (Wildman–Crippen MR) is 43.9 cm³/mol. The standard InChI is InChI=1S/C9H9F3O2/c1-5-4-6(2-3-7(5)13)8(14)9(10,11)12/h2-4,8,13-14H,1H3. The first-order chi connectivity index (χ1) is 6.32. The minimum Gasteiger partial charge on any atom is -0.508 e. The molecule has 0 aromatic heterocycles. The molecule has 0 aliphatic rings. The molecule has 0 amide bonds. The largest absolute Gasteiger partial charge is 0.508 e. The van der Waals surface area contributed by atoms with Crippen LogP contribution in [-0.4, -0.2) is 16.4 Å². The molecule has 78 valence electrons. The summed E-state index contributed by atoms with van der Waals surface area (Å²) in [5, 5.41) is 17.9. The van der Waals surface area contributed by atoms with E-state index in [0.29, 0.717) is 5.56 Å². The van der Waals surface area contributed by atoms with Gasteiger partial charge in [-0.25, -0.2) is 0 Å². The van der Waals surface area contributed by atoms with Gasteiger partial charge < -0.3 is 10.2 Å². The molecular weight excluding hydrogens is 197 g/mol. The third-order valence-corrected chi connectivity index (χ3v) is 1.85. The normalized spacial score (nSPS) is 14.1. The fourth-order valence-corrected chi connectivity index (χ4v) is 1.04. The molecule has 14 heavy (non-hydrogen) atoms. The Bertz CT molecular complexity index is 333. The van der Waals surface area contributed by atoms with E-state index in [1.165, 1.54) is 6.92 Å². The highest BCUT2D eigenvalue weighted by atomic mass is 19.4. The van der Waals surface area contributed by atoms with E-state index in [2.05, 4.69) is 0 Å². The van der Waals surface area contributed by atoms with Crippen LogP contribution in [0.15, 0.2) is 18.2 Å². The highest BCUT2D eigenvalue weighted by Crippen LogP contribution is 2.33. The fraction of sp³-hybridized carbons (Fsp3) is 0.333. The molecule has 0 heterocycles. The van der Waals surface area contributed by atoms with Crippen molar-refractivity contribution in [3.63, 3.8) is 0 Å². The molecule has 1 atom stereocenters. The molecule has 0 bridgehead atoms. The summed E-state index contributed by atoms with van der Waals surface area (Å²) >= 11 is 0. The number of phenols is 1. The molecule has 0 spiro atoms. The van der Waals surface area contributed by atoms with Crippen molar-refractivity contribution in [1.29, 1.82) is 0 Å². The molecule has 0 aliphatic carbocycles. The predicted octanol–water partition coefficient (Wildman–Crippen LogP) is 2.30. The van der Waals surface area contributed by atoms with Gasteiger partial charge in [0.05, 0.1) is 0 Å². The number of phenolic OH excluding ortho intramolecular Hbond substituents is 1. The second kappa shape index (κ2) is 3.49. The van der Waals surface area contributed by atoms with Crippen molar-refractivity contribution in [2.45, 2.75) is 19.2 Å². The summed E-state index contributed by atoms with van der Waals surface area (Å²) in [7, 11) is 0. The van der Waals surface area contributed by atoms with Gasteiger partial charge in [0.1, 0.15) is 5.75 Å². The first kappa shape index (κ1) is 10.8. The van der Waals surface area contributed by atoms with E-state index < -0.39 is 12.3 Å². The topological polar surface area (TPSA) is 40.5 Å². The van der Waals surface area contributed by atoms with Gasteiger partial charge in [-0.05, 0) is 30.2 Å². The molecule has 2 N–H and O–H groups in total. The zero-order valence-electron chi connectivity index (χ0n) is 7.34. The molecule has 1 rings (SSSR count). The molecule has 0 saturated heterocycles. The summed E-state index contributed by atoms with van der Waals surface area (Å²) in [6, 6.07) is 3.27. The van der Waals surface area contributed by atoms with Gasteiger partial charge in [0.2, 0.25) is 0 Å². The van der Waals surface area contributed by atoms with E-state index in [-0.39, 0.29) is 11.3 Å². The lowest BCUT2D eigenvalue weighted by molar-refractivity contribution is -0.206. The van der Waals surface area contributed by atoms with Gasteiger partial charge in [-0.3, -0.25) is 0 Å². The number of aliphatic hydroxyl groups excluding tert-OH is 1. The zero-order chi connectivity index (χ0) is 10.9. The molecule has 0 radical (unpaired) electrons. The third-order valence-electron chi connectivity index (χ3n) is 1.85. The first-order valence-corrected chi connectivity index (χ1v) is 3.86. The van der Waals surface area contributed by atoms with E-state index in [4.69, 9.17) is 10.2 Å². The van der Waals surface area contributed by atoms with Crippen molar-refractivity contribution in [2.24, 2.45) is 0 Å². The molecule has 5 heteroatoms. The molecule has 0 aliphatic heterocycles. The van der Waals surface area contributed by atoms with Crippen molar-refractivity contribution in [1.82, 2.24) is 0 Å². The summed E-state index contributed by atoms with van der Waals surface area (Å²) in [4.78, 5) is 0. The van der Waals surface area contributed by atoms with Crippen molar-refractivity contribution in [3.8, 4) is 5.75 Å². The van der Waals surface area contributed by atoms with Crippen LogP contribution < -0.4 is 0 Å². The molecule has 0 saturated carbocycles. The quantitative estimate of drug-likeness (QED) is 0.740. The van der Waals surface area contributed by atoms with Crippen LogP contribution in [0.5, 0.6) is 5.75 Å². The first-order valence-electron chi connectivity index (χ1n) is 3.86. The van der Waals surface area contributed by atoms with Gasteiger partial charge in [-0.1, -0.05) is 6.07 Å². The SMILES string of the molecule is Cc1cc(C(O)C(F)(F)F)ccc1O. The number of aryl methyl sites for hydroxylation is 1. The van der Waals surface area contributed by atoms with Gasteiger partial charge in [0.25, 0.3) is 0 Å². The van der Waals surface area contributed by atoms with Crippen LogP contribution in [-0.2, 0) is 0 Å². The van der Waals surface area contributed by atoms with Crippen molar-refractivity contribution >= 4 is 0 Å². The second-order valence-electron chi connectivity index (χ2n) is 2.99. The minimum atomic E-state index is -4.68. The Morgan fingerprint density at radius 1 is 1.29 bits per heavy atom. The Hall–Kier alpha value is -1.23. The summed E-state index contributed by atoms with van der Waals surface area (Å²) in [6.45, 7) is 1.46. The maximum Gasteiger partial charge on any atom is 0.418 e. The van der Waals surface area contributed by atoms with Gasteiger partial charge >= 0.3 is 6.18 Å². The van der Waals surface area contributed by atoms with Gasteiger partial charge in [-0.2, -0.15) is 13.2 Å². The fourth-order valence-electron chi connectivity index (χ4n) is 1.04. The van der Waals surface area contributed by atoms with E-state index in [1.54, 1.807) is 0 Å². The van der Waals surface area contributed by atoms with Crippen LogP contribution in [0, 0.1) is 6.92 Å². The number of aliphatic hydroxyl groups is 1. The van der Waals surface area contributed by atoms with Crippen LogP contribution >= 0.6 is 0 Å². The molecular formula is C9H9F3O2. The summed E-state index contributed by atoms with van der Waals surface area (Å²) in [6.07, 6.45) is -7.18. The number of benzene rings is 1. The number of hydrogen-bond donors (Lipinski definition) is 2. The molecule has 0 fully saturated rings. The Morgan fingerprint density at radius 3 is 2.29 bits per heavy atom. The zero-order valence-corrected chi connectivity index (χ0v) is 7.34. The average Bonchev–Trinajstić information content (AvgIpc) is 2.07. The van der Waals surface area contributed by atoms with Gasteiger partial charge in [0.15, 0.2) is 6.10 Å². The third kappa shape index (κ3) is 2.17. The lowest BCUT2D eigenvalue weighted by Gasteiger charge is -2.15. The second-order valence-corrected chi connectivity index (χ2v) is 2.99. The Balaban J connectivity index is 3.03. The Kier molecular flexibility index (Phi) is 2.71. The molecule has 2 nitrogen and oxygen atoms in total. The van der Waals surface area contributed by atoms with E-state index >= 15 is 0 Å². The van der Waals surface area contributed by atoms with Gasteiger partial charge in [0, 0.05) is 0 Å². The van der Waals surface area contributed by atoms with Crippen molar-refractivity contribution in [2.75, 3.05) is 0 Å². The molecule has 1 aromatic carbocycles. The average molecular weight is 206 g/mol. The van der Waals surface area contributed by atoms with Crippen molar-refractivity contribution < 1.29 is 23.4 Å². The lowest BCUT2D eigenvalue weighted by atomic mass is 10.1. The van der Waals surface area contributed by atoms with Crippen LogP contribution in [0.25, 0.3) is 0 Å². The number of alkyl halides is 3. The summed E-state index contributed by atoms with van der Waals surface area (Å²) in [5.74, 6) is -0.0943. The highest BCUT2D eigenvalue weighted by molar-refractivity contribution is 5.36. The van der Waals surface area contributed by atoms with Crippen LogP contribution in [0.2, 0.25) is 0 Å². The Labute approximate surface area is 78.6 Å². The van der Waals surface area contributed by atoms with E-state index in [0.717, 1.165) is 18.2 Å². The van der Waals surface area contributed by atoms with Gasteiger partial charge in [-0.15, -0.1) is 0 Å². The maximum atomic E-state index is 12.1. The van der Waals surface area contributed by atoms with Crippen LogP contribution in [0.1, 0.15) is 17.2 Å². The lowest BCUT2D eigenvalue weighted by Crippen LogP contribution is -2.20. The van der Waals surface area contributed by atoms with Crippen LogP contribution in [0.3, 0.4) is 0 Å². The molecule has 1 unspecified atom stereocenters. The summed E-state index contributed by atoms with van der Waals surface area (Å²) < 4.78 is 36.2. The minimum absolute atomic E-state index is 0.0943. The highest BCUT2D eigenvalue weighted by Gasteiger charge is 2.39. The van der Waals surface area contributed by atoms with E-state index in [9.17, 15) is 13.2 Å². The smallest absolute Gasteiger partial charge is 0.418 e. The van der Waals surface area contributed by atoms with Crippen molar-refractivity contribution in [3.05, 3.63) is 29.3 Å². The number of rotatable bonds is 1.